The molecular weight excluding hydrogens is 484 g/mol. The third-order valence-corrected chi connectivity index (χ3v) is 4.24. The van der Waals surface area contributed by atoms with Crippen molar-refractivity contribution in [2.24, 2.45) is 0 Å². The van der Waals surface area contributed by atoms with E-state index >= 15 is 0 Å². The summed E-state index contributed by atoms with van der Waals surface area (Å²) in [5, 5.41) is 14.0. The zero-order valence-corrected chi connectivity index (χ0v) is 18.9. The van der Waals surface area contributed by atoms with E-state index in [2.05, 4.69) is 35.1 Å². The molecule has 35 heavy (non-hydrogen) atoms. The minimum Gasteiger partial charge on any atom is -0.378 e. The standard InChI is InChI=1S/C20H25F6N7O2/c1-3-33(2)18-31-15(13(27)10-35-12-20(24,25)26)16(29-8-9-34-11-19(21,22)23)17(32-18)30-14-6-4-5-7-28-14/h4-7,27,29H,3,8-12H2,1-2H3,(H,28,30,31,32). The van der Waals surface area contributed by atoms with E-state index in [1.54, 1.807) is 30.1 Å². The average molecular weight is 509 g/mol. The smallest absolute Gasteiger partial charge is 0.378 e. The molecule has 0 aliphatic heterocycles. The molecule has 194 valence electrons. The van der Waals surface area contributed by atoms with Crippen LogP contribution >= 0.6 is 0 Å². The molecule has 0 aromatic carbocycles. The van der Waals surface area contributed by atoms with Crippen LogP contribution in [0, 0.1) is 5.41 Å². The molecule has 3 N–H and O–H groups in total. The highest BCUT2D eigenvalue weighted by Crippen LogP contribution is 2.29. The molecule has 0 aliphatic carbocycles. The Labute approximate surface area is 197 Å². The van der Waals surface area contributed by atoms with E-state index in [0.29, 0.717) is 12.4 Å². The van der Waals surface area contributed by atoms with Crippen molar-refractivity contribution < 1.29 is 35.8 Å². The van der Waals surface area contributed by atoms with E-state index in [1.165, 1.54) is 6.20 Å². The maximum atomic E-state index is 12.5. The Morgan fingerprint density at radius 2 is 1.74 bits per heavy atom. The van der Waals surface area contributed by atoms with Crippen molar-refractivity contribution in [2.45, 2.75) is 19.3 Å². The summed E-state index contributed by atoms with van der Waals surface area (Å²) in [6.45, 7) is -1.92. The molecule has 0 fully saturated rings. The summed E-state index contributed by atoms with van der Waals surface area (Å²) in [6.07, 6.45) is -7.57. The predicted octanol–water partition coefficient (Wildman–Crippen LogP) is 4.01. The van der Waals surface area contributed by atoms with E-state index in [4.69, 9.17) is 5.41 Å². The van der Waals surface area contributed by atoms with E-state index in [0.717, 1.165) is 0 Å². The van der Waals surface area contributed by atoms with Crippen LogP contribution in [-0.2, 0) is 9.47 Å². The van der Waals surface area contributed by atoms with Gasteiger partial charge in [0.25, 0.3) is 0 Å². The van der Waals surface area contributed by atoms with Crippen molar-refractivity contribution in [2.75, 3.05) is 62.1 Å². The van der Waals surface area contributed by atoms with Gasteiger partial charge in [0, 0.05) is 26.3 Å². The van der Waals surface area contributed by atoms with Crippen LogP contribution < -0.4 is 15.5 Å². The largest absolute Gasteiger partial charge is 0.411 e. The molecule has 0 atom stereocenters. The second-order valence-corrected chi connectivity index (χ2v) is 7.13. The van der Waals surface area contributed by atoms with Crippen LogP contribution in [0.25, 0.3) is 0 Å². The number of nitrogens with zero attached hydrogens (tertiary/aromatic N) is 4. The number of rotatable bonds is 13. The average Bonchev–Trinajstić information content (AvgIpc) is 2.77. The van der Waals surface area contributed by atoms with Gasteiger partial charge >= 0.3 is 12.4 Å². The van der Waals surface area contributed by atoms with Gasteiger partial charge in [0.2, 0.25) is 5.95 Å². The van der Waals surface area contributed by atoms with Gasteiger partial charge in [0.05, 0.1) is 18.9 Å². The molecule has 2 aromatic rings. The zero-order valence-electron chi connectivity index (χ0n) is 18.9. The minimum absolute atomic E-state index is 0.0696. The summed E-state index contributed by atoms with van der Waals surface area (Å²) in [5.74, 6) is 0.624. The van der Waals surface area contributed by atoms with Crippen LogP contribution in [0.15, 0.2) is 24.4 Å². The van der Waals surface area contributed by atoms with E-state index in [9.17, 15) is 26.3 Å². The van der Waals surface area contributed by atoms with Gasteiger partial charge in [-0.25, -0.2) is 9.97 Å². The van der Waals surface area contributed by atoms with Crippen LogP contribution in [0.2, 0.25) is 0 Å². The lowest BCUT2D eigenvalue weighted by Gasteiger charge is -2.21. The first-order chi connectivity index (χ1) is 16.4. The van der Waals surface area contributed by atoms with Gasteiger partial charge in [-0.1, -0.05) is 6.07 Å². The second kappa shape index (κ2) is 12.5. The maximum absolute atomic E-state index is 12.5. The molecule has 2 aromatic heterocycles. The lowest BCUT2D eigenvalue weighted by molar-refractivity contribution is -0.173. The van der Waals surface area contributed by atoms with Crippen molar-refractivity contribution in [3.63, 3.8) is 0 Å². The highest BCUT2D eigenvalue weighted by molar-refractivity contribution is 6.04. The van der Waals surface area contributed by atoms with Crippen LogP contribution in [0.1, 0.15) is 12.6 Å². The fourth-order valence-corrected chi connectivity index (χ4v) is 2.57. The molecule has 2 heterocycles. The van der Waals surface area contributed by atoms with Gasteiger partial charge in [-0.2, -0.15) is 31.3 Å². The highest BCUT2D eigenvalue weighted by Gasteiger charge is 2.29. The Hall–Kier alpha value is -3.20. The van der Waals surface area contributed by atoms with Gasteiger partial charge in [0.1, 0.15) is 30.4 Å². The summed E-state index contributed by atoms with van der Waals surface area (Å²) in [7, 11) is 1.67. The Morgan fingerprint density at radius 1 is 1.06 bits per heavy atom. The van der Waals surface area contributed by atoms with Crippen molar-refractivity contribution in [1.82, 2.24) is 15.0 Å². The van der Waals surface area contributed by atoms with Crippen molar-refractivity contribution >= 4 is 29.0 Å². The molecule has 9 nitrogen and oxygen atoms in total. The van der Waals surface area contributed by atoms with Crippen molar-refractivity contribution in [1.29, 1.82) is 5.41 Å². The van der Waals surface area contributed by atoms with Gasteiger partial charge in [-0.3, -0.25) is 0 Å². The number of hydrogen-bond acceptors (Lipinski definition) is 9. The van der Waals surface area contributed by atoms with Crippen molar-refractivity contribution in [3.8, 4) is 0 Å². The maximum Gasteiger partial charge on any atom is 0.411 e. The number of aromatic nitrogens is 3. The molecule has 0 aliphatic rings. The first-order valence-corrected chi connectivity index (χ1v) is 10.3. The lowest BCUT2D eigenvalue weighted by atomic mass is 10.2. The number of nitrogens with one attached hydrogen (secondary N) is 3. The van der Waals surface area contributed by atoms with Gasteiger partial charge < -0.3 is 30.4 Å². The molecule has 0 spiro atoms. The molecule has 0 radical (unpaired) electrons. The Kier molecular flexibility index (Phi) is 10.0. The first-order valence-electron chi connectivity index (χ1n) is 10.3. The quantitative estimate of drug-likeness (QED) is 0.211. The Balaban J connectivity index is 2.37. The van der Waals surface area contributed by atoms with E-state index in [1.807, 2.05) is 6.92 Å². The molecule has 0 unspecified atom stereocenters. The first kappa shape index (κ1) is 28.0. The molecular formula is C20H25F6N7O2. The molecule has 2 rings (SSSR count). The minimum atomic E-state index is -4.58. The molecule has 0 amide bonds. The van der Waals surface area contributed by atoms with Crippen molar-refractivity contribution in [3.05, 3.63) is 30.1 Å². The normalized spacial score (nSPS) is 11.9. The molecule has 15 heteroatoms. The number of ether oxygens (including phenoxy) is 2. The Morgan fingerprint density at radius 3 is 2.34 bits per heavy atom. The molecule has 0 saturated heterocycles. The summed E-state index contributed by atoms with van der Waals surface area (Å²) in [4.78, 5) is 14.5. The summed E-state index contributed by atoms with van der Waals surface area (Å²) in [5.41, 5.74) is -0.419. The third kappa shape index (κ3) is 9.90. The molecule has 0 saturated carbocycles. The van der Waals surface area contributed by atoms with E-state index < -0.39 is 37.9 Å². The number of alkyl halides is 6. The third-order valence-electron chi connectivity index (χ3n) is 4.24. The van der Waals surface area contributed by atoms with Crippen LogP contribution in [0.4, 0.5) is 49.6 Å². The van der Waals surface area contributed by atoms with Crippen LogP contribution in [0.3, 0.4) is 0 Å². The summed E-state index contributed by atoms with van der Waals surface area (Å²) in [6, 6.07) is 5.00. The number of halogens is 6. The SMILES string of the molecule is CCN(C)c1nc(Nc2ccccn2)c(NCCOCC(F)(F)F)c(C(=N)COCC(F)(F)F)n1. The fourth-order valence-electron chi connectivity index (χ4n) is 2.57. The lowest BCUT2D eigenvalue weighted by Crippen LogP contribution is -2.26. The predicted molar refractivity (Wildman–Crippen MR) is 118 cm³/mol. The Bertz CT molecular complexity index is 957. The van der Waals surface area contributed by atoms with Crippen LogP contribution in [-0.4, -0.2) is 79.6 Å². The number of hydrogen-bond donors (Lipinski definition) is 3. The topological polar surface area (TPSA) is 108 Å². The number of anilines is 4. The molecule has 0 bridgehead atoms. The fraction of sp³-hybridized carbons (Fsp3) is 0.500. The summed E-state index contributed by atoms with van der Waals surface area (Å²) >= 11 is 0. The summed E-state index contributed by atoms with van der Waals surface area (Å²) < 4.78 is 83.6. The second-order valence-electron chi connectivity index (χ2n) is 7.13. The monoisotopic (exact) mass is 509 g/mol. The van der Waals surface area contributed by atoms with Gasteiger partial charge in [0.15, 0.2) is 5.82 Å². The van der Waals surface area contributed by atoms with Gasteiger partial charge in [-0.05, 0) is 19.1 Å². The zero-order chi connectivity index (χ0) is 26.1. The number of pyridine rings is 1. The van der Waals surface area contributed by atoms with E-state index in [-0.39, 0.29) is 36.3 Å². The van der Waals surface area contributed by atoms with Gasteiger partial charge in [-0.15, -0.1) is 0 Å². The highest BCUT2D eigenvalue weighted by atomic mass is 19.4. The van der Waals surface area contributed by atoms with Crippen LogP contribution in [0.5, 0.6) is 0 Å².